The van der Waals surface area contributed by atoms with Crippen LogP contribution in [-0.4, -0.2) is 26.7 Å². The van der Waals surface area contributed by atoms with Crippen LogP contribution in [0.1, 0.15) is 29.0 Å². The lowest BCUT2D eigenvalue weighted by Crippen LogP contribution is -2.12. The Morgan fingerprint density at radius 1 is 0.966 bits per heavy atom. The smallest absolute Gasteiger partial charge is 0.306 e. The van der Waals surface area contributed by atoms with Crippen molar-refractivity contribution >= 4 is 29.3 Å². The molecule has 148 valence electrons. The van der Waals surface area contributed by atoms with Crippen molar-refractivity contribution in [3.8, 4) is 0 Å². The van der Waals surface area contributed by atoms with E-state index < -0.39 is 11.8 Å². The van der Waals surface area contributed by atoms with Gasteiger partial charge in [-0.15, -0.1) is 0 Å². The van der Waals surface area contributed by atoms with E-state index in [1.807, 2.05) is 30.3 Å². The lowest BCUT2D eigenvalue weighted by atomic mass is 10.1. The summed E-state index contributed by atoms with van der Waals surface area (Å²) < 4.78 is 18.0. The zero-order chi connectivity index (χ0) is 20.6. The number of esters is 1. The first-order chi connectivity index (χ1) is 14.0. The van der Waals surface area contributed by atoms with Crippen molar-refractivity contribution in [2.24, 2.45) is 0 Å². The minimum Gasteiger partial charge on any atom is -0.457 e. The SMILES string of the molecule is Nc1nc(COC(=O)CCC(=O)c2ccc(F)cc2)nc(Nc2ccccc2)n1. The van der Waals surface area contributed by atoms with Crippen LogP contribution in [0.2, 0.25) is 0 Å². The van der Waals surface area contributed by atoms with Crippen LogP contribution < -0.4 is 11.1 Å². The monoisotopic (exact) mass is 395 g/mol. The fourth-order valence-corrected chi connectivity index (χ4v) is 2.42. The molecule has 0 fully saturated rings. The zero-order valence-corrected chi connectivity index (χ0v) is 15.3. The van der Waals surface area contributed by atoms with E-state index in [1.54, 1.807) is 0 Å². The Morgan fingerprint density at radius 3 is 2.41 bits per heavy atom. The molecule has 0 amide bonds. The molecular formula is C20H18FN5O3. The van der Waals surface area contributed by atoms with Crippen LogP contribution in [0.4, 0.5) is 22.0 Å². The van der Waals surface area contributed by atoms with Gasteiger partial charge in [-0.2, -0.15) is 15.0 Å². The highest BCUT2D eigenvalue weighted by molar-refractivity contribution is 5.97. The van der Waals surface area contributed by atoms with Gasteiger partial charge in [-0.3, -0.25) is 9.59 Å². The number of benzene rings is 2. The van der Waals surface area contributed by atoms with Gasteiger partial charge in [0, 0.05) is 17.7 Å². The van der Waals surface area contributed by atoms with Gasteiger partial charge in [-0.25, -0.2) is 4.39 Å². The van der Waals surface area contributed by atoms with Gasteiger partial charge in [0.1, 0.15) is 5.82 Å². The largest absolute Gasteiger partial charge is 0.457 e. The van der Waals surface area contributed by atoms with Crippen LogP contribution in [0.3, 0.4) is 0 Å². The predicted molar refractivity (Wildman–Crippen MR) is 104 cm³/mol. The number of nitrogen functional groups attached to an aromatic ring is 1. The van der Waals surface area contributed by atoms with Crippen molar-refractivity contribution < 1.29 is 18.7 Å². The van der Waals surface area contributed by atoms with E-state index in [9.17, 15) is 14.0 Å². The molecule has 0 unspecified atom stereocenters. The first kappa shape index (κ1) is 19.9. The van der Waals surface area contributed by atoms with Crippen LogP contribution in [0.5, 0.6) is 0 Å². The number of Topliss-reactive ketones (excluding diaryl/α,β-unsaturated/α-hetero) is 1. The molecule has 0 atom stereocenters. The standard InChI is InChI=1S/C20H18FN5O3/c21-14-8-6-13(7-9-14)16(27)10-11-18(28)29-12-17-24-19(22)26-20(25-17)23-15-4-2-1-3-5-15/h1-9H,10-12H2,(H3,22,23,24,25,26). The number of aromatic nitrogens is 3. The molecule has 0 spiro atoms. The van der Waals surface area contributed by atoms with Crippen LogP contribution >= 0.6 is 0 Å². The molecule has 0 aliphatic carbocycles. The second-order valence-corrected chi connectivity index (χ2v) is 6.02. The molecule has 3 N–H and O–H groups in total. The van der Waals surface area contributed by atoms with Gasteiger partial charge >= 0.3 is 5.97 Å². The fourth-order valence-electron chi connectivity index (χ4n) is 2.42. The van der Waals surface area contributed by atoms with Crippen molar-refractivity contribution in [1.29, 1.82) is 0 Å². The summed E-state index contributed by atoms with van der Waals surface area (Å²) in [5.41, 5.74) is 6.78. The molecule has 0 bridgehead atoms. The topological polar surface area (TPSA) is 120 Å². The molecular weight excluding hydrogens is 377 g/mol. The Balaban J connectivity index is 1.51. The number of carbonyl (C=O) groups excluding carboxylic acids is 2. The number of hydrogen-bond donors (Lipinski definition) is 2. The quantitative estimate of drug-likeness (QED) is 0.441. The molecule has 0 radical (unpaired) electrons. The summed E-state index contributed by atoms with van der Waals surface area (Å²) in [6, 6.07) is 14.4. The summed E-state index contributed by atoms with van der Waals surface area (Å²) in [7, 11) is 0. The molecule has 1 heterocycles. The number of ether oxygens (including phenoxy) is 1. The van der Waals surface area contributed by atoms with E-state index >= 15 is 0 Å². The van der Waals surface area contributed by atoms with E-state index in [2.05, 4.69) is 20.3 Å². The fraction of sp³-hybridized carbons (Fsp3) is 0.150. The highest BCUT2D eigenvalue weighted by Crippen LogP contribution is 2.13. The average Bonchev–Trinajstić information content (AvgIpc) is 2.71. The summed E-state index contributed by atoms with van der Waals surface area (Å²) in [6.07, 6.45) is -0.170. The summed E-state index contributed by atoms with van der Waals surface area (Å²) in [4.78, 5) is 36.0. The third-order valence-electron chi connectivity index (χ3n) is 3.81. The third-order valence-corrected chi connectivity index (χ3v) is 3.81. The van der Waals surface area contributed by atoms with Gasteiger partial charge in [-0.1, -0.05) is 18.2 Å². The normalized spacial score (nSPS) is 10.4. The lowest BCUT2D eigenvalue weighted by molar-refractivity contribution is -0.145. The van der Waals surface area contributed by atoms with Gasteiger partial charge in [0.15, 0.2) is 18.2 Å². The summed E-state index contributed by atoms with van der Waals surface area (Å²) >= 11 is 0. The van der Waals surface area contributed by atoms with Crippen molar-refractivity contribution in [3.63, 3.8) is 0 Å². The summed E-state index contributed by atoms with van der Waals surface area (Å²) in [5.74, 6) is -0.914. The van der Waals surface area contributed by atoms with Crippen molar-refractivity contribution in [1.82, 2.24) is 15.0 Å². The molecule has 3 rings (SSSR count). The predicted octanol–water partition coefficient (Wildman–Crippen LogP) is 3.04. The number of ketones is 1. The number of carbonyl (C=O) groups is 2. The van der Waals surface area contributed by atoms with E-state index in [1.165, 1.54) is 24.3 Å². The maximum Gasteiger partial charge on any atom is 0.306 e. The highest BCUT2D eigenvalue weighted by Gasteiger charge is 2.12. The highest BCUT2D eigenvalue weighted by atomic mass is 19.1. The minimum absolute atomic E-state index is 0.0176. The van der Waals surface area contributed by atoms with Gasteiger partial charge < -0.3 is 15.8 Å². The van der Waals surface area contributed by atoms with E-state index in [0.29, 0.717) is 5.56 Å². The average molecular weight is 395 g/mol. The number of anilines is 3. The maximum atomic E-state index is 12.9. The Bertz CT molecular complexity index is 997. The lowest BCUT2D eigenvalue weighted by Gasteiger charge is -2.08. The van der Waals surface area contributed by atoms with Gasteiger partial charge in [0.25, 0.3) is 0 Å². The van der Waals surface area contributed by atoms with E-state index in [-0.39, 0.29) is 43.0 Å². The molecule has 0 aliphatic heterocycles. The Morgan fingerprint density at radius 2 is 1.69 bits per heavy atom. The summed E-state index contributed by atoms with van der Waals surface area (Å²) in [6.45, 7) is -0.209. The van der Waals surface area contributed by atoms with Gasteiger partial charge in [0.05, 0.1) is 6.42 Å². The first-order valence-electron chi connectivity index (χ1n) is 8.76. The molecule has 8 nitrogen and oxygen atoms in total. The second-order valence-electron chi connectivity index (χ2n) is 6.02. The number of nitrogens with one attached hydrogen (secondary N) is 1. The summed E-state index contributed by atoms with van der Waals surface area (Å²) in [5, 5.41) is 2.98. The number of hydrogen-bond acceptors (Lipinski definition) is 8. The third kappa shape index (κ3) is 6.06. The van der Waals surface area contributed by atoms with Crippen LogP contribution in [0, 0.1) is 5.82 Å². The van der Waals surface area contributed by atoms with Gasteiger partial charge in [-0.05, 0) is 36.4 Å². The van der Waals surface area contributed by atoms with Crippen molar-refractivity contribution in [3.05, 3.63) is 71.8 Å². The van der Waals surface area contributed by atoms with Crippen LogP contribution in [0.15, 0.2) is 54.6 Å². The van der Waals surface area contributed by atoms with E-state index in [4.69, 9.17) is 10.5 Å². The van der Waals surface area contributed by atoms with Crippen LogP contribution in [0.25, 0.3) is 0 Å². The number of para-hydroxylation sites is 1. The Hall–Kier alpha value is -3.88. The number of halogens is 1. The first-order valence-corrected chi connectivity index (χ1v) is 8.76. The second kappa shape index (κ2) is 9.36. The van der Waals surface area contributed by atoms with Crippen LogP contribution in [-0.2, 0) is 16.1 Å². The number of nitrogens with two attached hydrogens (primary N) is 1. The Kier molecular flexibility index (Phi) is 6.41. The number of rotatable bonds is 8. The molecule has 0 aliphatic rings. The number of nitrogens with zero attached hydrogens (tertiary/aromatic N) is 3. The molecule has 9 heteroatoms. The van der Waals surface area contributed by atoms with Crippen molar-refractivity contribution in [2.45, 2.75) is 19.4 Å². The minimum atomic E-state index is -0.586. The van der Waals surface area contributed by atoms with Crippen molar-refractivity contribution in [2.75, 3.05) is 11.1 Å². The molecule has 29 heavy (non-hydrogen) atoms. The zero-order valence-electron chi connectivity index (χ0n) is 15.3. The molecule has 3 aromatic rings. The Labute approximate surface area is 166 Å². The van der Waals surface area contributed by atoms with Gasteiger partial charge in [0.2, 0.25) is 11.9 Å². The van der Waals surface area contributed by atoms with E-state index in [0.717, 1.165) is 5.69 Å². The molecule has 1 aromatic heterocycles. The molecule has 0 saturated carbocycles. The maximum absolute atomic E-state index is 12.9. The molecule has 2 aromatic carbocycles. The molecule has 0 saturated heterocycles.